The Balaban J connectivity index is 2.88. The zero-order chi connectivity index (χ0) is 13.9. The Labute approximate surface area is 102 Å². The normalized spacial score (nSPS) is 13.2. The molecule has 18 heavy (non-hydrogen) atoms. The molecule has 0 saturated heterocycles. The van der Waals surface area contributed by atoms with Crippen molar-refractivity contribution in [2.45, 2.75) is 32.5 Å². The van der Waals surface area contributed by atoms with E-state index >= 15 is 0 Å². The van der Waals surface area contributed by atoms with Crippen LogP contribution in [0.5, 0.6) is 0 Å². The molecule has 0 aliphatic heterocycles. The monoisotopic (exact) mass is 261 g/mol. The number of amides is 1. The number of carbonyl (C=O) groups is 1. The lowest BCUT2D eigenvalue weighted by molar-refractivity contribution is 0.0450. The van der Waals surface area contributed by atoms with Gasteiger partial charge in [-0.3, -0.25) is 5.73 Å². The van der Waals surface area contributed by atoms with Crippen molar-refractivity contribution in [1.82, 2.24) is 19.8 Å². The molecule has 0 spiro atoms. The molecule has 0 unspecified atom stereocenters. The molecule has 1 heterocycles. The predicted molar refractivity (Wildman–Crippen MR) is 60.7 cm³/mol. The van der Waals surface area contributed by atoms with Gasteiger partial charge in [-0.2, -0.15) is 0 Å². The average molecular weight is 261 g/mol. The van der Waals surface area contributed by atoms with Gasteiger partial charge < -0.3 is 10.2 Å². The van der Waals surface area contributed by atoms with Crippen LogP contribution in [0.15, 0.2) is 11.1 Å². The molecule has 0 aromatic carbocycles. The van der Waals surface area contributed by atoms with Crippen LogP contribution in [0.3, 0.4) is 0 Å². The Morgan fingerprint density at radius 3 is 2.83 bits per heavy atom. The SMILES string of the molecule is C[C@@H](N)On1cnn(C(=O)NC(C)(C)CF)c1=O. The lowest BCUT2D eigenvalue weighted by atomic mass is 10.1. The molecule has 1 atom stereocenters. The summed E-state index contributed by atoms with van der Waals surface area (Å²) < 4.78 is 13.8. The molecule has 1 aromatic rings. The highest BCUT2D eigenvalue weighted by atomic mass is 19.1. The van der Waals surface area contributed by atoms with Crippen molar-refractivity contribution in [1.29, 1.82) is 0 Å². The van der Waals surface area contributed by atoms with Crippen molar-refractivity contribution in [3.05, 3.63) is 16.8 Å². The number of nitrogens with one attached hydrogen (secondary N) is 1. The van der Waals surface area contributed by atoms with Gasteiger partial charge in [0, 0.05) is 0 Å². The summed E-state index contributed by atoms with van der Waals surface area (Å²) in [6.45, 7) is 3.69. The number of alkyl halides is 1. The summed E-state index contributed by atoms with van der Waals surface area (Å²) in [5.74, 6) is 0. The maximum atomic E-state index is 12.6. The lowest BCUT2D eigenvalue weighted by Gasteiger charge is -2.21. The van der Waals surface area contributed by atoms with Gasteiger partial charge in [0.2, 0.25) is 0 Å². The van der Waals surface area contributed by atoms with Gasteiger partial charge >= 0.3 is 11.7 Å². The molecular formula is C9H16FN5O3. The number of hydrogen-bond acceptors (Lipinski definition) is 5. The lowest BCUT2D eigenvalue weighted by Crippen LogP contribution is -2.50. The van der Waals surface area contributed by atoms with Gasteiger partial charge in [-0.1, -0.05) is 0 Å². The number of rotatable bonds is 4. The molecule has 1 rings (SSSR count). The van der Waals surface area contributed by atoms with Gasteiger partial charge in [-0.25, -0.2) is 14.0 Å². The highest BCUT2D eigenvalue weighted by Crippen LogP contribution is 2.02. The third-order valence-electron chi connectivity index (χ3n) is 1.89. The van der Waals surface area contributed by atoms with Crippen molar-refractivity contribution in [2.24, 2.45) is 5.73 Å². The number of aromatic nitrogens is 3. The third-order valence-corrected chi connectivity index (χ3v) is 1.89. The van der Waals surface area contributed by atoms with Crippen LogP contribution < -0.4 is 21.6 Å². The molecule has 0 aliphatic rings. The van der Waals surface area contributed by atoms with Crippen molar-refractivity contribution in [3.8, 4) is 0 Å². The summed E-state index contributed by atoms with van der Waals surface area (Å²) in [6.07, 6.45) is 0.277. The van der Waals surface area contributed by atoms with Crippen LogP contribution in [0.2, 0.25) is 0 Å². The Kier molecular flexibility index (Phi) is 4.07. The molecule has 8 nitrogen and oxygen atoms in total. The second-order valence-corrected chi connectivity index (χ2v) is 4.41. The van der Waals surface area contributed by atoms with Crippen molar-refractivity contribution in [2.75, 3.05) is 6.67 Å². The second-order valence-electron chi connectivity index (χ2n) is 4.41. The van der Waals surface area contributed by atoms with E-state index in [1.54, 1.807) is 0 Å². The van der Waals surface area contributed by atoms with E-state index in [0.717, 1.165) is 11.1 Å². The minimum atomic E-state index is -1.08. The van der Waals surface area contributed by atoms with E-state index in [4.69, 9.17) is 10.6 Å². The molecule has 1 amide bonds. The summed E-state index contributed by atoms with van der Waals surface area (Å²) in [4.78, 5) is 28.2. The number of halogens is 1. The number of carbonyl (C=O) groups excluding carboxylic acids is 1. The maximum Gasteiger partial charge on any atom is 0.387 e. The van der Waals surface area contributed by atoms with E-state index in [1.807, 2.05) is 0 Å². The summed E-state index contributed by atoms with van der Waals surface area (Å²) >= 11 is 0. The maximum absolute atomic E-state index is 12.6. The Bertz CT molecular complexity index is 479. The number of nitrogens with zero attached hydrogens (tertiary/aromatic N) is 3. The Morgan fingerprint density at radius 1 is 1.72 bits per heavy atom. The molecule has 0 saturated carbocycles. The first-order valence-electron chi connectivity index (χ1n) is 5.25. The zero-order valence-corrected chi connectivity index (χ0v) is 10.4. The first-order chi connectivity index (χ1) is 8.26. The van der Waals surface area contributed by atoms with E-state index in [0.29, 0.717) is 4.68 Å². The second kappa shape index (κ2) is 5.17. The third kappa shape index (κ3) is 3.29. The summed E-state index contributed by atoms with van der Waals surface area (Å²) in [5.41, 5.74) is 3.43. The van der Waals surface area contributed by atoms with E-state index in [1.165, 1.54) is 20.8 Å². The predicted octanol–water partition coefficient (Wildman–Crippen LogP) is -0.916. The molecular weight excluding hydrogens is 245 g/mol. The van der Waals surface area contributed by atoms with E-state index < -0.39 is 30.2 Å². The van der Waals surface area contributed by atoms with Crippen LogP contribution in [-0.2, 0) is 0 Å². The minimum absolute atomic E-state index is 0.528. The topological polar surface area (TPSA) is 104 Å². The van der Waals surface area contributed by atoms with Gasteiger partial charge in [0.1, 0.15) is 6.67 Å². The fourth-order valence-corrected chi connectivity index (χ4v) is 1.06. The molecule has 9 heteroatoms. The largest absolute Gasteiger partial charge is 0.390 e. The summed E-state index contributed by atoms with van der Waals surface area (Å²) in [5, 5.41) is 5.86. The van der Waals surface area contributed by atoms with Gasteiger partial charge in [0.05, 0.1) is 5.54 Å². The Morgan fingerprint density at radius 2 is 2.33 bits per heavy atom. The zero-order valence-electron chi connectivity index (χ0n) is 10.4. The van der Waals surface area contributed by atoms with Crippen LogP contribution in [-0.4, -0.2) is 39.0 Å². The molecule has 0 radical (unpaired) electrons. The van der Waals surface area contributed by atoms with Crippen molar-refractivity contribution in [3.63, 3.8) is 0 Å². The average Bonchev–Trinajstić information content (AvgIpc) is 2.59. The Hall–Kier alpha value is -1.90. The van der Waals surface area contributed by atoms with Gasteiger partial charge in [-0.05, 0) is 20.8 Å². The van der Waals surface area contributed by atoms with Gasteiger partial charge in [-0.15, -0.1) is 14.5 Å². The first kappa shape index (κ1) is 14.2. The minimum Gasteiger partial charge on any atom is -0.390 e. The van der Waals surface area contributed by atoms with Gasteiger partial charge in [0.15, 0.2) is 12.6 Å². The quantitative estimate of drug-likeness (QED) is 0.682. The first-order valence-corrected chi connectivity index (χ1v) is 5.25. The van der Waals surface area contributed by atoms with Crippen molar-refractivity contribution >= 4 is 6.03 Å². The van der Waals surface area contributed by atoms with Crippen LogP contribution >= 0.6 is 0 Å². The van der Waals surface area contributed by atoms with Gasteiger partial charge in [0.25, 0.3) is 0 Å². The highest BCUT2D eigenvalue weighted by Gasteiger charge is 2.23. The van der Waals surface area contributed by atoms with Crippen LogP contribution in [0.25, 0.3) is 0 Å². The van der Waals surface area contributed by atoms with Crippen LogP contribution in [0.4, 0.5) is 9.18 Å². The molecule has 3 N–H and O–H groups in total. The summed E-state index contributed by atoms with van der Waals surface area (Å²) in [6, 6.07) is -0.838. The smallest absolute Gasteiger partial charge is 0.387 e. The molecule has 1 aromatic heterocycles. The standard InChI is InChI=1S/C9H16FN5O3/c1-6(11)18-14-5-12-15(8(14)17)7(16)13-9(2,3)4-10/h5-6H,4,11H2,1-3H3,(H,13,16)/t6-/m0/s1. The number of hydrogen-bond donors (Lipinski definition) is 2. The molecule has 102 valence electrons. The van der Waals surface area contributed by atoms with E-state index in [-0.39, 0.29) is 0 Å². The van der Waals surface area contributed by atoms with E-state index in [9.17, 15) is 14.0 Å². The van der Waals surface area contributed by atoms with E-state index in [2.05, 4.69) is 10.4 Å². The molecule has 0 bridgehead atoms. The molecule has 0 aliphatic carbocycles. The van der Waals surface area contributed by atoms with Crippen LogP contribution in [0.1, 0.15) is 20.8 Å². The summed E-state index contributed by atoms with van der Waals surface area (Å²) in [7, 11) is 0. The highest BCUT2D eigenvalue weighted by molar-refractivity contribution is 5.76. The fourth-order valence-electron chi connectivity index (χ4n) is 1.06. The molecule has 0 fully saturated rings. The fraction of sp³-hybridized carbons (Fsp3) is 0.667. The van der Waals surface area contributed by atoms with Crippen molar-refractivity contribution < 1.29 is 14.0 Å². The number of nitrogens with two attached hydrogens (primary N) is 1. The van der Waals surface area contributed by atoms with Crippen LogP contribution in [0, 0.1) is 0 Å².